The van der Waals surface area contributed by atoms with Crippen molar-refractivity contribution >= 4 is 20.7 Å². The highest BCUT2D eigenvalue weighted by molar-refractivity contribution is 7.90. The Morgan fingerprint density at radius 1 is 1.35 bits per heavy atom. The van der Waals surface area contributed by atoms with E-state index in [2.05, 4.69) is 9.97 Å². The van der Waals surface area contributed by atoms with Crippen LogP contribution < -0.4 is 5.56 Å². The largest absolute Gasteiger partial charge is 0.309 e. The van der Waals surface area contributed by atoms with Crippen LogP contribution in [0.2, 0.25) is 0 Å². The number of H-pyrrole nitrogens is 1. The van der Waals surface area contributed by atoms with Crippen LogP contribution in [0, 0.1) is 5.82 Å². The fourth-order valence-electron chi connectivity index (χ4n) is 1.87. The second kappa shape index (κ2) is 5.70. The van der Waals surface area contributed by atoms with Crippen LogP contribution in [-0.4, -0.2) is 24.1 Å². The quantitative estimate of drug-likeness (QED) is 0.912. The molecule has 1 aromatic carbocycles. The third-order valence-corrected chi connectivity index (χ3v) is 4.51. The van der Waals surface area contributed by atoms with E-state index in [1.807, 2.05) is 6.92 Å². The molecule has 108 valence electrons. The van der Waals surface area contributed by atoms with Crippen molar-refractivity contribution in [1.82, 2.24) is 9.97 Å². The number of hydrogen-bond donors (Lipinski definition) is 1. The summed E-state index contributed by atoms with van der Waals surface area (Å²) in [6, 6.07) is 3.61. The number of unbranched alkanes of at least 4 members (excludes halogenated alkanes) is 1. The number of aromatic amines is 1. The number of nitrogens with zero attached hydrogens (tertiary/aromatic N) is 1. The molecule has 0 bridgehead atoms. The van der Waals surface area contributed by atoms with Crippen molar-refractivity contribution in [2.75, 3.05) is 5.75 Å². The molecule has 0 saturated heterocycles. The van der Waals surface area contributed by atoms with Crippen molar-refractivity contribution in [2.45, 2.75) is 25.5 Å². The molecule has 0 amide bonds. The molecule has 0 aliphatic rings. The summed E-state index contributed by atoms with van der Waals surface area (Å²) in [6.07, 6.45) is 1.33. The van der Waals surface area contributed by atoms with Crippen molar-refractivity contribution in [3.05, 3.63) is 40.2 Å². The molecular weight excluding hydrogens is 283 g/mol. The van der Waals surface area contributed by atoms with Gasteiger partial charge < -0.3 is 4.98 Å². The number of fused-ring (bicyclic) bond motifs is 1. The van der Waals surface area contributed by atoms with E-state index < -0.39 is 21.2 Å². The summed E-state index contributed by atoms with van der Waals surface area (Å²) in [5.74, 6) is -0.761. The lowest BCUT2D eigenvalue weighted by molar-refractivity contribution is 0.590. The first-order chi connectivity index (χ1) is 9.41. The molecule has 0 fully saturated rings. The van der Waals surface area contributed by atoms with Crippen LogP contribution >= 0.6 is 0 Å². The SMILES string of the molecule is CCCCS(=O)(=O)Cc1nc2cc(F)ccc2c(=O)[nH]1. The Labute approximate surface area is 115 Å². The Hall–Kier alpha value is -1.76. The number of rotatable bonds is 5. The van der Waals surface area contributed by atoms with Gasteiger partial charge in [0, 0.05) is 6.07 Å². The average molecular weight is 298 g/mol. The molecule has 2 rings (SSSR count). The zero-order chi connectivity index (χ0) is 14.8. The standard InChI is InChI=1S/C13H15FN2O3S/c1-2-3-6-20(18,19)8-12-15-11-7-9(14)4-5-10(11)13(17)16-12/h4-5,7H,2-3,6,8H2,1H3,(H,15,16,17). The number of halogens is 1. The molecule has 20 heavy (non-hydrogen) atoms. The van der Waals surface area contributed by atoms with Gasteiger partial charge in [0.25, 0.3) is 5.56 Å². The highest BCUT2D eigenvalue weighted by atomic mass is 32.2. The van der Waals surface area contributed by atoms with Gasteiger partial charge in [-0.1, -0.05) is 13.3 Å². The van der Waals surface area contributed by atoms with Crippen molar-refractivity contribution in [3.63, 3.8) is 0 Å². The first-order valence-corrected chi connectivity index (χ1v) is 8.12. The minimum absolute atomic E-state index is 0.0456. The van der Waals surface area contributed by atoms with Gasteiger partial charge in [0.05, 0.1) is 16.7 Å². The summed E-state index contributed by atoms with van der Waals surface area (Å²) >= 11 is 0. The van der Waals surface area contributed by atoms with Gasteiger partial charge in [-0.3, -0.25) is 4.79 Å². The van der Waals surface area contributed by atoms with Crippen LogP contribution in [0.1, 0.15) is 25.6 Å². The normalized spacial score (nSPS) is 11.9. The van der Waals surface area contributed by atoms with E-state index in [1.54, 1.807) is 0 Å². The summed E-state index contributed by atoms with van der Waals surface area (Å²) in [5.41, 5.74) is -0.301. The van der Waals surface area contributed by atoms with Gasteiger partial charge in [-0.05, 0) is 18.6 Å². The van der Waals surface area contributed by atoms with Crippen LogP contribution in [0.4, 0.5) is 4.39 Å². The van der Waals surface area contributed by atoms with Crippen molar-refractivity contribution in [3.8, 4) is 0 Å². The van der Waals surface area contributed by atoms with Crippen LogP contribution in [0.25, 0.3) is 10.9 Å². The Balaban J connectivity index is 2.39. The summed E-state index contributed by atoms with van der Waals surface area (Å²) in [6.45, 7) is 1.90. The second-order valence-corrected chi connectivity index (χ2v) is 6.80. The predicted octanol–water partition coefficient (Wildman–Crippen LogP) is 1.78. The number of aromatic nitrogens is 2. The zero-order valence-electron chi connectivity index (χ0n) is 11.0. The van der Waals surface area contributed by atoms with Gasteiger partial charge in [-0.15, -0.1) is 0 Å². The molecule has 0 aliphatic heterocycles. The molecule has 0 unspecified atom stereocenters. The lowest BCUT2D eigenvalue weighted by atomic mass is 10.2. The van der Waals surface area contributed by atoms with Gasteiger partial charge in [-0.2, -0.15) is 0 Å². The molecule has 0 radical (unpaired) electrons. The van der Waals surface area contributed by atoms with E-state index in [1.165, 1.54) is 6.07 Å². The Bertz CT molecular complexity index is 784. The zero-order valence-corrected chi connectivity index (χ0v) is 11.8. The highest BCUT2D eigenvalue weighted by Crippen LogP contribution is 2.11. The van der Waals surface area contributed by atoms with Crippen LogP contribution in [0.5, 0.6) is 0 Å². The van der Waals surface area contributed by atoms with E-state index in [-0.39, 0.29) is 28.2 Å². The van der Waals surface area contributed by atoms with Crippen LogP contribution in [0.3, 0.4) is 0 Å². The molecule has 2 aromatic rings. The summed E-state index contributed by atoms with van der Waals surface area (Å²) in [4.78, 5) is 18.2. The van der Waals surface area contributed by atoms with E-state index >= 15 is 0 Å². The fraction of sp³-hybridized carbons (Fsp3) is 0.385. The fourth-order valence-corrected chi connectivity index (χ4v) is 3.30. The molecule has 5 nitrogen and oxygen atoms in total. The minimum Gasteiger partial charge on any atom is -0.309 e. The Morgan fingerprint density at radius 3 is 2.80 bits per heavy atom. The maximum Gasteiger partial charge on any atom is 0.258 e. The average Bonchev–Trinajstić information content (AvgIpc) is 2.35. The highest BCUT2D eigenvalue weighted by Gasteiger charge is 2.14. The second-order valence-electron chi connectivity index (χ2n) is 4.62. The Morgan fingerprint density at radius 2 is 2.10 bits per heavy atom. The minimum atomic E-state index is -3.32. The van der Waals surface area contributed by atoms with Crippen molar-refractivity contribution in [1.29, 1.82) is 0 Å². The predicted molar refractivity (Wildman–Crippen MR) is 74.7 cm³/mol. The topological polar surface area (TPSA) is 79.9 Å². The van der Waals surface area contributed by atoms with Gasteiger partial charge >= 0.3 is 0 Å². The van der Waals surface area contributed by atoms with E-state index in [4.69, 9.17) is 0 Å². The molecule has 1 heterocycles. The van der Waals surface area contributed by atoms with Crippen LogP contribution in [-0.2, 0) is 15.6 Å². The third kappa shape index (κ3) is 3.41. The maximum atomic E-state index is 13.1. The molecule has 0 atom stereocenters. The molecular formula is C13H15FN2O3S. The van der Waals surface area contributed by atoms with Crippen molar-refractivity contribution in [2.24, 2.45) is 0 Å². The molecule has 0 aliphatic carbocycles. The monoisotopic (exact) mass is 298 g/mol. The molecule has 1 N–H and O–H groups in total. The lowest BCUT2D eigenvalue weighted by Gasteiger charge is -2.04. The summed E-state index contributed by atoms with van der Waals surface area (Å²) < 4.78 is 36.8. The summed E-state index contributed by atoms with van der Waals surface area (Å²) in [5, 5.41) is 0.237. The van der Waals surface area contributed by atoms with Gasteiger partial charge in [-0.25, -0.2) is 17.8 Å². The van der Waals surface area contributed by atoms with E-state index in [0.717, 1.165) is 18.6 Å². The number of benzene rings is 1. The van der Waals surface area contributed by atoms with E-state index in [0.29, 0.717) is 6.42 Å². The summed E-state index contributed by atoms with van der Waals surface area (Å²) in [7, 11) is -3.32. The van der Waals surface area contributed by atoms with Gasteiger partial charge in [0.1, 0.15) is 17.4 Å². The lowest BCUT2D eigenvalue weighted by Crippen LogP contribution is -2.17. The third-order valence-electron chi connectivity index (χ3n) is 2.88. The molecule has 0 spiro atoms. The van der Waals surface area contributed by atoms with E-state index in [9.17, 15) is 17.6 Å². The number of nitrogens with one attached hydrogen (secondary N) is 1. The first kappa shape index (κ1) is 14.6. The molecule has 7 heteroatoms. The molecule has 0 saturated carbocycles. The smallest absolute Gasteiger partial charge is 0.258 e. The Kier molecular flexibility index (Phi) is 4.17. The maximum absolute atomic E-state index is 13.1. The number of hydrogen-bond acceptors (Lipinski definition) is 4. The van der Waals surface area contributed by atoms with Gasteiger partial charge in [0.15, 0.2) is 9.84 Å². The van der Waals surface area contributed by atoms with Gasteiger partial charge in [0.2, 0.25) is 0 Å². The number of sulfone groups is 1. The first-order valence-electron chi connectivity index (χ1n) is 6.30. The van der Waals surface area contributed by atoms with Crippen molar-refractivity contribution < 1.29 is 12.8 Å². The molecule has 1 aromatic heterocycles. The van der Waals surface area contributed by atoms with Crippen LogP contribution in [0.15, 0.2) is 23.0 Å².